The van der Waals surface area contributed by atoms with Crippen LogP contribution < -0.4 is 0 Å². The Labute approximate surface area is 109 Å². The standard InChI is InChI=1S/C14H22N2O2/c1-15(2)14(7-4-8-14)11-16(3)9-12-5-6-13(10-17)18-12/h5-6,10H,4,7-9,11H2,1-3H3. The predicted octanol–water partition coefficient (Wildman–Crippen LogP) is 2.01. The Morgan fingerprint density at radius 1 is 1.33 bits per heavy atom. The quantitative estimate of drug-likeness (QED) is 0.724. The zero-order valence-corrected chi connectivity index (χ0v) is 11.5. The number of hydrogen-bond acceptors (Lipinski definition) is 4. The summed E-state index contributed by atoms with van der Waals surface area (Å²) in [6.07, 6.45) is 4.60. The van der Waals surface area contributed by atoms with Crippen LogP contribution >= 0.6 is 0 Å². The Balaban J connectivity index is 1.91. The van der Waals surface area contributed by atoms with E-state index in [9.17, 15) is 4.79 Å². The fraction of sp³-hybridized carbons (Fsp3) is 0.643. The van der Waals surface area contributed by atoms with Gasteiger partial charge in [0, 0.05) is 12.1 Å². The molecule has 4 nitrogen and oxygen atoms in total. The third-order valence-electron chi connectivity index (χ3n) is 4.02. The number of furan rings is 1. The maximum Gasteiger partial charge on any atom is 0.185 e. The first-order valence-corrected chi connectivity index (χ1v) is 6.46. The lowest BCUT2D eigenvalue weighted by Gasteiger charge is -2.49. The Hall–Kier alpha value is -1.13. The molecule has 0 saturated heterocycles. The number of hydrogen-bond donors (Lipinski definition) is 0. The summed E-state index contributed by atoms with van der Waals surface area (Å²) < 4.78 is 5.41. The fourth-order valence-electron chi connectivity index (χ4n) is 2.70. The zero-order chi connectivity index (χ0) is 13.2. The van der Waals surface area contributed by atoms with E-state index in [2.05, 4.69) is 30.9 Å². The van der Waals surface area contributed by atoms with Crippen molar-refractivity contribution in [2.24, 2.45) is 0 Å². The van der Waals surface area contributed by atoms with Crippen LogP contribution in [-0.4, -0.2) is 49.3 Å². The van der Waals surface area contributed by atoms with E-state index in [1.54, 1.807) is 6.07 Å². The van der Waals surface area contributed by atoms with Gasteiger partial charge in [0.05, 0.1) is 6.54 Å². The molecule has 0 N–H and O–H groups in total. The van der Waals surface area contributed by atoms with Gasteiger partial charge in [-0.05, 0) is 52.5 Å². The average molecular weight is 250 g/mol. The van der Waals surface area contributed by atoms with E-state index < -0.39 is 0 Å². The maximum absolute atomic E-state index is 10.6. The van der Waals surface area contributed by atoms with E-state index in [-0.39, 0.29) is 0 Å². The minimum Gasteiger partial charge on any atom is -0.457 e. The maximum atomic E-state index is 10.6. The summed E-state index contributed by atoms with van der Waals surface area (Å²) in [7, 11) is 6.42. The van der Waals surface area contributed by atoms with Crippen molar-refractivity contribution in [1.82, 2.24) is 9.80 Å². The highest BCUT2D eigenvalue weighted by molar-refractivity contribution is 5.70. The van der Waals surface area contributed by atoms with Crippen LogP contribution in [0.5, 0.6) is 0 Å². The molecule has 0 unspecified atom stereocenters. The molecular weight excluding hydrogens is 228 g/mol. The van der Waals surface area contributed by atoms with Gasteiger partial charge in [0.15, 0.2) is 12.0 Å². The lowest BCUT2D eigenvalue weighted by molar-refractivity contribution is 0.0243. The Bertz CT molecular complexity index is 408. The minimum atomic E-state index is 0.328. The van der Waals surface area contributed by atoms with E-state index >= 15 is 0 Å². The number of likely N-dealkylation sites (N-methyl/N-ethyl adjacent to an activating group) is 2. The lowest BCUT2D eigenvalue weighted by atomic mass is 9.75. The first-order chi connectivity index (χ1) is 8.55. The van der Waals surface area contributed by atoms with Crippen LogP contribution in [0.4, 0.5) is 0 Å². The summed E-state index contributed by atoms with van der Waals surface area (Å²) >= 11 is 0. The van der Waals surface area contributed by atoms with Gasteiger partial charge in [-0.1, -0.05) is 0 Å². The van der Waals surface area contributed by atoms with Gasteiger partial charge in [-0.25, -0.2) is 0 Å². The Morgan fingerprint density at radius 3 is 2.50 bits per heavy atom. The number of aldehydes is 1. The average Bonchev–Trinajstić information content (AvgIpc) is 2.70. The van der Waals surface area contributed by atoms with E-state index in [4.69, 9.17) is 4.42 Å². The largest absolute Gasteiger partial charge is 0.457 e. The first-order valence-electron chi connectivity index (χ1n) is 6.46. The SMILES string of the molecule is CN(Cc1ccc(C=O)o1)CC1(N(C)C)CCC1. The van der Waals surface area contributed by atoms with Gasteiger partial charge in [-0.2, -0.15) is 0 Å². The highest BCUT2D eigenvalue weighted by atomic mass is 16.3. The number of carbonyl (C=O) groups is 1. The summed E-state index contributed by atoms with van der Waals surface area (Å²) in [6.45, 7) is 1.79. The van der Waals surface area contributed by atoms with E-state index in [0.29, 0.717) is 11.3 Å². The van der Waals surface area contributed by atoms with E-state index in [1.165, 1.54) is 19.3 Å². The second-order valence-electron chi connectivity index (χ2n) is 5.57. The molecule has 1 heterocycles. The second-order valence-corrected chi connectivity index (χ2v) is 5.57. The van der Waals surface area contributed by atoms with Crippen LogP contribution in [0.3, 0.4) is 0 Å². The first kappa shape index (κ1) is 13.3. The summed E-state index contributed by atoms with van der Waals surface area (Å²) in [6, 6.07) is 3.60. The molecule has 1 aliphatic rings. The minimum absolute atomic E-state index is 0.328. The van der Waals surface area contributed by atoms with Gasteiger partial charge in [0.1, 0.15) is 5.76 Å². The zero-order valence-electron chi connectivity index (χ0n) is 11.5. The molecule has 1 aromatic heterocycles. The van der Waals surface area contributed by atoms with Crippen LogP contribution in [0.2, 0.25) is 0 Å². The topological polar surface area (TPSA) is 36.7 Å². The molecule has 1 aliphatic carbocycles. The van der Waals surface area contributed by atoms with Gasteiger partial charge >= 0.3 is 0 Å². The molecule has 1 aromatic rings. The molecule has 2 rings (SSSR count). The van der Waals surface area contributed by atoms with Crippen LogP contribution in [0.1, 0.15) is 35.6 Å². The van der Waals surface area contributed by atoms with Crippen molar-refractivity contribution in [3.63, 3.8) is 0 Å². The summed E-state index contributed by atoms with van der Waals surface area (Å²) in [5.74, 6) is 1.26. The van der Waals surface area contributed by atoms with Crippen molar-refractivity contribution in [3.05, 3.63) is 23.7 Å². The van der Waals surface area contributed by atoms with Crippen molar-refractivity contribution in [3.8, 4) is 0 Å². The van der Waals surface area contributed by atoms with Crippen LogP contribution in [0, 0.1) is 0 Å². The molecule has 1 saturated carbocycles. The monoisotopic (exact) mass is 250 g/mol. The second kappa shape index (κ2) is 5.24. The molecule has 100 valence electrons. The third kappa shape index (κ3) is 2.65. The number of carbonyl (C=O) groups excluding carboxylic acids is 1. The van der Waals surface area contributed by atoms with Crippen molar-refractivity contribution in [1.29, 1.82) is 0 Å². The highest BCUT2D eigenvalue weighted by Gasteiger charge is 2.39. The molecule has 0 aliphatic heterocycles. The summed E-state index contributed by atoms with van der Waals surface area (Å²) in [5.41, 5.74) is 0.328. The smallest absolute Gasteiger partial charge is 0.185 e. The molecule has 0 atom stereocenters. The van der Waals surface area contributed by atoms with Crippen LogP contribution in [0.25, 0.3) is 0 Å². The molecule has 0 amide bonds. The lowest BCUT2D eigenvalue weighted by Crippen LogP contribution is -2.56. The van der Waals surface area contributed by atoms with Gasteiger partial charge in [-0.15, -0.1) is 0 Å². The third-order valence-corrected chi connectivity index (χ3v) is 4.02. The van der Waals surface area contributed by atoms with E-state index in [0.717, 1.165) is 25.1 Å². The van der Waals surface area contributed by atoms with Crippen molar-refractivity contribution >= 4 is 6.29 Å². The van der Waals surface area contributed by atoms with Gasteiger partial charge in [0.25, 0.3) is 0 Å². The normalized spacial score (nSPS) is 18.1. The van der Waals surface area contributed by atoms with E-state index in [1.807, 2.05) is 6.07 Å². The Morgan fingerprint density at radius 2 is 2.06 bits per heavy atom. The molecule has 1 fully saturated rings. The number of nitrogens with zero attached hydrogens (tertiary/aromatic N) is 2. The molecule has 0 radical (unpaired) electrons. The molecule has 0 bridgehead atoms. The van der Waals surface area contributed by atoms with Crippen molar-refractivity contribution in [2.45, 2.75) is 31.3 Å². The van der Waals surface area contributed by atoms with Gasteiger partial charge < -0.3 is 9.32 Å². The molecule has 18 heavy (non-hydrogen) atoms. The molecule has 0 spiro atoms. The summed E-state index contributed by atoms with van der Waals surface area (Å²) in [5, 5.41) is 0. The Kier molecular flexibility index (Phi) is 3.88. The van der Waals surface area contributed by atoms with Crippen LogP contribution in [-0.2, 0) is 6.54 Å². The van der Waals surface area contributed by atoms with Gasteiger partial charge in [-0.3, -0.25) is 9.69 Å². The molecule has 4 heteroatoms. The van der Waals surface area contributed by atoms with Crippen molar-refractivity contribution < 1.29 is 9.21 Å². The molecule has 0 aromatic carbocycles. The van der Waals surface area contributed by atoms with Gasteiger partial charge in [0.2, 0.25) is 0 Å². The summed E-state index contributed by atoms with van der Waals surface area (Å²) in [4.78, 5) is 15.2. The highest BCUT2D eigenvalue weighted by Crippen LogP contribution is 2.36. The van der Waals surface area contributed by atoms with Crippen molar-refractivity contribution in [2.75, 3.05) is 27.7 Å². The number of rotatable bonds is 6. The fourth-order valence-corrected chi connectivity index (χ4v) is 2.70. The predicted molar refractivity (Wildman–Crippen MR) is 70.7 cm³/mol. The van der Waals surface area contributed by atoms with Crippen LogP contribution in [0.15, 0.2) is 16.5 Å². The molecular formula is C14H22N2O2.